The highest BCUT2D eigenvalue weighted by molar-refractivity contribution is 4.57. The lowest BCUT2D eigenvalue weighted by Gasteiger charge is -2.22. The fourth-order valence-corrected chi connectivity index (χ4v) is 1.59. The molecule has 0 saturated carbocycles. The SMILES string of the molecule is CCOCCN(CCOCC)CCOCCOCCO. The quantitative estimate of drug-likeness (QED) is 0.415. The maximum Gasteiger partial charge on any atom is 0.0701 e. The Morgan fingerprint density at radius 1 is 0.650 bits per heavy atom. The summed E-state index contributed by atoms with van der Waals surface area (Å²) in [5.74, 6) is 0. The first kappa shape index (κ1) is 19.8. The molecule has 6 nitrogen and oxygen atoms in total. The van der Waals surface area contributed by atoms with Gasteiger partial charge in [-0.1, -0.05) is 0 Å². The molecule has 0 atom stereocenters. The molecule has 0 aliphatic carbocycles. The third-order valence-corrected chi connectivity index (χ3v) is 2.67. The van der Waals surface area contributed by atoms with Crippen LogP contribution in [0.1, 0.15) is 13.8 Å². The van der Waals surface area contributed by atoms with E-state index in [1.165, 1.54) is 0 Å². The lowest BCUT2D eigenvalue weighted by molar-refractivity contribution is 0.0197. The molecule has 0 spiro atoms. The lowest BCUT2D eigenvalue weighted by Crippen LogP contribution is -2.34. The Morgan fingerprint density at radius 2 is 1.10 bits per heavy atom. The number of hydrogen-bond donors (Lipinski definition) is 1. The molecular formula is C14H31NO5. The van der Waals surface area contributed by atoms with Crippen molar-refractivity contribution in [2.45, 2.75) is 13.8 Å². The fraction of sp³-hybridized carbons (Fsp3) is 1.00. The molecule has 0 fully saturated rings. The van der Waals surface area contributed by atoms with Crippen molar-refractivity contribution in [3.8, 4) is 0 Å². The van der Waals surface area contributed by atoms with Gasteiger partial charge in [-0.3, -0.25) is 4.90 Å². The van der Waals surface area contributed by atoms with Crippen molar-refractivity contribution in [2.24, 2.45) is 0 Å². The van der Waals surface area contributed by atoms with Crippen LogP contribution in [0.2, 0.25) is 0 Å². The van der Waals surface area contributed by atoms with E-state index in [1.807, 2.05) is 13.8 Å². The van der Waals surface area contributed by atoms with E-state index in [4.69, 9.17) is 24.1 Å². The van der Waals surface area contributed by atoms with Gasteiger partial charge in [0.2, 0.25) is 0 Å². The van der Waals surface area contributed by atoms with E-state index in [0.717, 1.165) is 46.1 Å². The zero-order valence-electron chi connectivity index (χ0n) is 13.0. The topological polar surface area (TPSA) is 60.4 Å². The van der Waals surface area contributed by atoms with E-state index in [-0.39, 0.29) is 6.61 Å². The predicted molar refractivity (Wildman–Crippen MR) is 78.1 cm³/mol. The van der Waals surface area contributed by atoms with Gasteiger partial charge in [0.15, 0.2) is 0 Å². The van der Waals surface area contributed by atoms with Crippen molar-refractivity contribution < 1.29 is 24.1 Å². The Hall–Kier alpha value is -0.240. The van der Waals surface area contributed by atoms with Crippen LogP contribution in [0.25, 0.3) is 0 Å². The summed E-state index contributed by atoms with van der Waals surface area (Å²) >= 11 is 0. The molecule has 6 heteroatoms. The van der Waals surface area contributed by atoms with Crippen molar-refractivity contribution in [3.63, 3.8) is 0 Å². The molecule has 0 heterocycles. The zero-order chi connectivity index (χ0) is 14.9. The third kappa shape index (κ3) is 14.2. The van der Waals surface area contributed by atoms with Crippen LogP contribution in [0.15, 0.2) is 0 Å². The molecule has 0 rings (SSSR count). The molecule has 0 unspecified atom stereocenters. The van der Waals surface area contributed by atoms with Crippen LogP contribution in [0.4, 0.5) is 0 Å². The summed E-state index contributed by atoms with van der Waals surface area (Å²) < 4.78 is 21.4. The van der Waals surface area contributed by atoms with Gasteiger partial charge < -0.3 is 24.1 Å². The van der Waals surface area contributed by atoms with Gasteiger partial charge in [0.1, 0.15) is 0 Å². The summed E-state index contributed by atoms with van der Waals surface area (Å²) in [6, 6.07) is 0. The Balaban J connectivity index is 3.56. The minimum Gasteiger partial charge on any atom is -0.394 e. The number of aliphatic hydroxyl groups excluding tert-OH is 1. The molecule has 0 aliphatic rings. The maximum atomic E-state index is 8.55. The van der Waals surface area contributed by atoms with Gasteiger partial charge in [-0.2, -0.15) is 0 Å². The van der Waals surface area contributed by atoms with Gasteiger partial charge in [-0.15, -0.1) is 0 Å². The summed E-state index contributed by atoms with van der Waals surface area (Å²) in [5.41, 5.74) is 0. The number of rotatable bonds is 16. The van der Waals surface area contributed by atoms with E-state index in [0.29, 0.717) is 26.4 Å². The monoisotopic (exact) mass is 293 g/mol. The van der Waals surface area contributed by atoms with Crippen molar-refractivity contribution in [1.82, 2.24) is 4.90 Å². The summed E-state index contributed by atoms with van der Waals surface area (Å²) in [6.45, 7) is 11.8. The maximum absolute atomic E-state index is 8.55. The van der Waals surface area contributed by atoms with Gasteiger partial charge in [-0.25, -0.2) is 0 Å². The average Bonchev–Trinajstić information content (AvgIpc) is 2.46. The molecule has 0 bridgehead atoms. The minimum atomic E-state index is 0.0582. The summed E-state index contributed by atoms with van der Waals surface area (Å²) in [7, 11) is 0. The molecule has 1 N–H and O–H groups in total. The smallest absolute Gasteiger partial charge is 0.0701 e. The summed E-state index contributed by atoms with van der Waals surface area (Å²) in [6.07, 6.45) is 0. The molecule has 0 saturated heterocycles. The van der Waals surface area contributed by atoms with E-state index in [2.05, 4.69) is 4.90 Å². The molecule has 20 heavy (non-hydrogen) atoms. The highest BCUT2D eigenvalue weighted by Crippen LogP contribution is 1.91. The zero-order valence-corrected chi connectivity index (χ0v) is 13.0. The molecule has 0 radical (unpaired) electrons. The molecule has 0 aromatic heterocycles. The van der Waals surface area contributed by atoms with Crippen molar-refractivity contribution in [2.75, 3.05) is 79.1 Å². The predicted octanol–water partition coefficient (Wildman–Crippen LogP) is 0.387. The second-order valence-corrected chi connectivity index (χ2v) is 4.18. The highest BCUT2D eigenvalue weighted by atomic mass is 16.5. The van der Waals surface area contributed by atoms with Crippen LogP contribution >= 0.6 is 0 Å². The Labute approximate surface area is 122 Å². The van der Waals surface area contributed by atoms with Crippen LogP contribution in [-0.2, 0) is 18.9 Å². The molecule has 0 aromatic carbocycles. The second-order valence-electron chi connectivity index (χ2n) is 4.18. The Kier molecular flexibility index (Phi) is 16.6. The Morgan fingerprint density at radius 3 is 1.55 bits per heavy atom. The van der Waals surface area contributed by atoms with E-state index < -0.39 is 0 Å². The largest absolute Gasteiger partial charge is 0.394 e. The number of aliphatic hydroxyl groups is 1. The third-order valence-electron chi connectivity index (χ3n) is 2.67. The minimum absolute atomic E-state index is 0.0582. The molecule has 0 aliphatic heterocycles. The molecule has 0 amide bonds. The van der Waals surface area contributed by atoms with Crippen molar-refractivity contribution in [3.05, 3.63) is 0 Å². The van der Waals surface area contributed by atoms with Gasteiger partial charge in [0.25, 0.3) is 0 Å². The lowest BCUT2D eigenvalue weighted by atomic mass is 10.4. The van der Waals surface area contributed by atoms with Crippen molar-refractivity contribution in [1.29, 1.82) is 0 Å². The van der Waals surface area contributed by atoms with Gasteiger partial charge in [-0.05, 0) is 13.8 Å². The number of hydrogen-bond acceptors (Lipinski definition) is 6. The highest BCUT2D eigenvalue weighted by Gasteiger charge is 2.04. The summed E-state index contributed by atoms with van der Waals surface area (Å²) in [4.78, 5) is 2.28. The van der Waals surface area contributed by atoms with Crippen LogP contribution in [-0.4, -0.2) is 89.1 Å². The standard InChI is InChI=1S/C14H31NO5/c1-3-17-9-5-15(6-10-18-4-2)7-11-19-13-14-20-12-8-16/h16H,3-14H2,1-2H3. The molecule has 0 aromatic rings. The molecule has 122 valence electrons. The van der Waals surface area contributed by atoms with Crippen LogP contribution in [0.3, 0.4) is 0 Å². The van der Waals surface area contributed by atoms with Gasteiger partial charge in [0.05, 0.1) is 46.2 Å². The van der Waals surface area contributed by atoms with Crippen LogP contribution in [0, 0.1) is 0 Å². The number of ether oxygens (including phenoxy) is 4. The van der Waals surface area contributed by atoms with Crippen LogP contribution < -0.4 is 0 Å². The Bertz CT molecular complexity index is 173. The second kappa shape index (κ2) is 16.8. The first-order chi connectivity index (χ1) is 9.85. The fourth-order valence-electron chi connectivity index (χ4n) is 1.59. The van der Waals surface area contributed by atoms with E-state index >= 15 is 0 Å². The summed E-state index contributed by atoms with van der Waals surface area (Å²) in [5, 5.41) is 8.55. The molecular weight excluding hydrogens is 262 g/mol. The average molecular weight is 293 g/mol. The van der Waals surface area contributed by atoms with Gasteiger partial charge >= 0.3 is 0 Å². The van der Waals surface area contributed by atoms with E-state index in [1.54, 1.807) is 0 Å². The van der Waals surface area contributed by atoms with Gasteiger partial charge in [0, 0.05) is 32.8 Å². The normalized spacial score (nSPS) is 11.4. The first-order valence-electron chi connectivity index (χ1n) is 7.49. The first-order valence-corrected chi connectivity index (χ1v) is 7.49. The van der Waals surface area contributed by atoms with Crippen LogP contribution in [0.5, 0.6) is 0 Å². The van der Waals surface area contributed by atoms with E-state index in [9.17, 15) is 0 Å². The van der Waals surface area contributed by atoms with Crippen molar-refractivity contribution >= 4 is 0 Å². The number of nitrogens with zero attached hydrogens (tertiary/aromatic N) is 1.